The number of carbonyl (C=O) groups is 1. The topological polar surface area (TPSA) is 117 Å². The Hall–Kier alpha value is -3.11. The molecule has 1 aliphatic heterocycles. The van der Waals surface area contributed by atoms with Gasteiger partial charge in [0, 0.05) is 31.0 Å². The molecule has 178 valence electrons. The van der Waals surface area contributed by atoms with Gasteiger partial charge in [-0.2, -0.15) is 8.78 Å². The lowest BCUT2D eigenvalue weighted by atomic mass is 9.90. The van der Waals surface area contributed by atoms with E-state index in [1.165, 1.54) is 24.4 Å². The molecule has 8 nitrogen and oxygen atoms in total. The van der Waals surface area contributed by atoms with Gasteiger partial charge in [-0.15, -0.1) is 0 Å². The third-order valence-corrected chi connectivity index (χ3v) is 5.31. The van der Waals surface area contributed by atoms with Crippen molar-refractivity contribution in [3.63, 3.8) is 0 Å². The van der Waals surface area contributed by atoms with Gasteiger partial charge in [0.1, 0.15) is 11.4 Å². The van der Waals surface area contributed by atoms with Gasteiger partial charge in [0.25, 0.3) is 5.91 Å². The quantitative estimate of drug-likeness (QED) is 0.426. The fraction of sp³-hybridized carbons (Fsp3) is 0.435. The first-order chi connectivity index (χ1) is 15.7. The second-order valence-corrected chi connectivity index (χ2v) is 8.21. The van der Waals surface area contributed by atoms with Gasteiger partial charge in [-0.3, -0.25) is 15.2 Å². The molecular weight excluding hydrogens is 434 g/mol. The molecule has 0 bridgehead atoms. The number of benzene rings is 1. The fourth-order valence-electron chi connectivity index (χ4n) is 3.57. The lowest BCUT2D eigenvalue weighted by Gasteiger charge is -2.36. The summed E-state index contributed by atoms with van der Waals surface area (Å²) in [7, 11) is 0. The van der Waals surface area contributed by atoms with Crippen LogP contribution in [0.4, 0.5) is 14.5 Å². The van der Waals surface area contributed by atoms with Crippen LogP contribution in [0.2, 0.25) is 0 Å². The predicted molar refractivity (Wildman–Crippen MR) is 119 cm³/mol. The summed E-state index contributed by atoms with van der Waals surface area (Å²) in [6.07, 6.45) is 2.35. The Labute approximate surface area is 190 Å². The molecule has 2 aromatic rings. The van der Waals surface area contributed by atoms with Crippen molar-refractivity contribution in [2.75, 3.05) is 25.1 Å². The SMILES string of the molecule is CC(C)Nc1cc(C(=O)NC2(CO)CCOCC2)cnc1C(=N)c1cccc(OC(F)F)c1. The van der Waals surface area contributed by atoms with Crippen molar-refractivity contribution in [1.29, 1.82) is 5.41 Å². The number of hydrogen-bond acceptors (Lipinski definition) is 7. The van der Waals surface area contributed by atoms with Crippen LogP contribution in [0.1, 0.15) is 48.3 Å². The number of aliphatic hydroxyl groups excluding tert-OH is 1. The minimum Gasteiger partial charge on any atom is -0.435 e. The van der Waals surface area contributed by atoms with Crippen LogP contribution in [0, 0.1) is 5.41 Å². The van der Waals surface area contributed by atoms with Crippen LogP contribution in [0.3, 0.4) is 0 Å². The smallest absolute Gasteiger partial charge is 0.387 e. The fourth-order valence-corrected chi connectivity index (χ4v) is 3.57. The van der Waals surface area contributed by atoms with Crippen LogP contribution in [0.5, 0.6) is 5.75 Å². The largest absolute Gasteiger partial charge is 0.435 e. The number of aromatic nitrogens is 1. The highest BCUT2D eigenvalue weighted by molar-refractivity contribution is 6.13. The van der Waals surface area contributed by atoms with Gasteiger partial charge >= 0.3 is 6.61 Å². The van der Waals surface area contributed by atoms with Crippen LogP contribution >= 0.6 is 0 Å². The Morgan fingerprint density at radius 3 is 2.64 bits per heavy atom. The molecule has 1 saturated heterocycles. The number of anilines is 1. The first kappa shape index (κ1) is 24.5. The minimum atomic E-state index is -2.97. The van der Waals surface area contributed by atoms with E-state index in [4.69, 9.17) is 10.1 Å². The molecular formula is C23H28F2N4O4. The number of amides is 1. The Morgan fingerprint density at radius 2 is 2.00 bits per heavy atom. The summed E-state index contributed by atoms with van der Waals surface area (Å²) in [5.74, 6) is -0.456. The van der Waals surface area contributed by atoms with E-state index in [1.807, 2.05) is 13.8 Å². The molecule has 0 aliphatic carbocycles. The molecule has 0 saturated carbocycles. The maximum atomic E-state index is 12.9. The van der Waals surface area contributed by atoms with Crippen LogP contribution in [-0.4, -0.2) is 59.7 Å². The molecule has 0 atom stereocenters. The number of carbonyl (C=O) groups excluding carboxylic acids is 1. The lowest BCUT2D eigenvalue weighted by molar-refractivity contribution is -0.0498. The first-order valence-electron chi connectivity index (χ1n) is 10.6. The maximum absolute atomic E-state index is 12.9. The summed E-state index contributed by atoms with van der Waals surface area (Å²) < 4.78 is 34.9. The number of nitrogens with zero attached hydrogens (tertiary/aromatic N) is 1. The number of nitrogens with one attached hydrogen (secondary N) is 3. The summed E-state index contributed by atoms with van der Waals surface area (Å²) in [5, 5.41) is 24.5. The molecule has 4 N–H and O–H groups in total. The highest BCUT2D eigenvalue weighted by atomic mass is 19.3. The van der Waals surface area contributed by atoms with Crippen molar-refractivity contribution in [3.05, 3.63) is 53.3 Å². The van der Waals surface area contributed by atoms with Crippen LogP contribution in [0.25, 0.3) is 0 Å². The molecule has 10 heteroatoms. The van der Waals surface area contributed by atoms with Gasteiger partial charge in [-0.05, 0) is 44.9 Å². The monoisotopic (exact) mass is 462 g/mol. The normalized spacial score (nSPS) is 15.4. The highest BCUT2D eigenvalue weighted by Gasteiger charge is 2.34. The molecule has 2 heterocycles. The number of aliphatic hydroxyl groups is 1. The molecule has 3 rings (SSSR count). The number of ether oxygens (including phenoxy) is 2. The Morgan fingerprint density at radius 1 is 1.27 bits per heavy atom. The summed E-state index contributed by atoms with van der Waals surface area (Å²) in [6.45, 7) is 1.53. The van der Waals surface area contributed by atoms with Gasteiger partial charge in [0.15, 0.2) is 0 Å². The van der Waals surface area contributed by atoms with Crippen LogP contribution < -0.4 is 15.4 Å². The molecule has 1 aromatic heterocycles. The van der Waals surface area contributed by atoms with E-state index < -0.39 is 18.1 Å². The van der Waals surface area contributed by atoms with E-state index in [1.54, 1.807) is 12.1 Å². The summed E-state index contributed by atoms with van der Waals surface area (Å²) in [4.78, 5) is 17.3. The summed E-state index contributed by atoms with van der Waals surface area (Å²) >= 11 is 0. The molecule has 0 spiro atoms. The molecule has 1 amide bonds. The Balaban J connectivity index is 1.89. The second-order valence-electron chi connectivity index (χ2n) is 8.21. The zero-order chi connectivity index (χ0) is 24.0. The Bertz CT molecular complexity index is 994. The van der Waals surface area contributed by atoms with Crippen molar-refractivity contribution >= 4 is 17.3 Å². The third kappa shape index (κ3) is 6.23. The number of rotatable bonds is 9. The van der Waals surface area contributed by atoms with Crippen molar-refractivity contribution in [2.24, 2.45) is 0 Å². The molecule has 0 unspecified atom stereocenters. The van der Waals surface area contributed by atoms with Crippen molar-refractivity contribution in [3.8, 4) is 5.75 Å². The maximum Gasteiger partial charge on any atom is 0.387 e. The minimum absolute atomic E-state index is 0.0129. The van der Waals surface area contributed by atoms with Gasteiger partial charge < -0.3 is 25.2 Å². The summed E-state index contributed by atoms with van der Waals surface area (Å²) in [5.41, 5.74) is 0.554. The average molecular weight is 462 g/mol. The second kappa shape index (κ2) is 10.7. The first-order valence-corrected chi connectivity index (χ1v) is 10.6. The van der Waals surface area contributed by atoms with Gasteiger partial charge in [0.05, 0.1) is 29.1 Å². The number of hydrogen-bond donors (Lipinski definition) is 4. The number of halogens is 2. The van der Waals surface area contributed by atoms with Gasteiger partial charge in [-0.1, -0.05) is 12.1 Å². The van der Waals surface area contributed by atoms with E-state index in [0.717, 1.165) is 0 Å². The standard InChI is InChI=1S/C23H28F2N4O4/c1-14(2)28-18-11-16(21(31)29-23(13-30)6-8-32-9-7-23)12-27-20(18)19(26)15-4-3-5-17(10-15)33-22(24)25/h3-5,10-12,14,22,26,28,30H,6-9,13H2,1-2H3,(H,29,31). The average Bonchev–Trinajstić information content (AvgIpc) is 2.78. The zero-order valence-corrected chi connectivity index (χ0v) is 18.5. The van der Waals surface area contributed by atoms with E-state index in [0.29, 0.717) is 37.3 Å². The summed E-state index contributed by atoms with van der Waals surface area (Å²) in [6, 6.07) is 7.40. The molecule has 1 aromatic carbocycles. The highest BCUT2D eigenvalue weighted by Crippen LogP contribution is 2.25. The molecule has 0 radical (unpaired) electrons. The van der Waals surface area contributed by atoms with Crippen LogP contribution in [0.15, 0.2) is 36.5 Å². The van der Waals surface area contributed by atoms with E-state index in [2.05, 4.69) is 20.4 Å². The number of alkyl halides is 2. The predicted octanol–water partition coefficient (Wildman–Crippen LogP) is 3.19. The van der Waals surface area contributed by atoms with Crippen LogP contribution in [-0.2, 0) is 4.74 Å². The Kier molecular flexibility index (Phi) is 7.93. The van der Waals surface area contributed by atoms with Gasteiger partial charge in [0.2, 0.25) is 0 Å². The third-order valence-electron chi connectivity index (χ3n) is 5.31. The lowest BCUT2D eigenvalue weighted by Crippen LogP contribution is -2.54. The van der Waals surface area contributed by atoms with E-state index >= 15 is 0 Å². The molecule has 1 fully saturated rings. The van der Waals surface area contributed by atoms with Gasteiger partial charge in [-0.25, -0.2) is 0 Å². The molecule has 33 heavy (non-hydrogen) atoms. The van der Waals surface area contributed by atoms with E-state index in [9.17, 15) is 18.7 Å². The van der Waals surface area contributed by atoms with Crippen molar-refractivity contribution in [2.45, 2.75) is 44.9 Å². The van der Waals surface area contributed by atoms with Crippen molar-refractivity contribution < 1.29 is 28.2 Å². The number of pyridine rings is 1. The van der Waals surface area contributed by atoms with Crippen molar-refractivity contribution in [1.82, 2.24) is 10.3 Å². The molecule has 1 aliphatic rings. The zero-order valence-electron chi connectivity index (χ0n) is 18.5. The van der Waals surface area contributed by atoms with E-state index in [-0.39, 0.29) is 35.4 Å².